The van der Waals surface area contributed by atoms with Crippen LogP contribution in [-0.4, -0.2) is 15.7 Å². The molecule has 6 heteroatoms. The van der Waals surface area contributed by atoms with Gasteiger partial charge in [-0.3, -0.25) is 9.48 Å². The van der Waals surface area contributed by atoms with Gasteiger partial charge in [-0.1, -0.05) is 11.6 Å². The summed E-state index contributed by atoms with van der Waals surface area (Å²) in [5.41, 5.74) is 7.33. The Balaban J connectivity index is 2.22. The van der Waals surface area contributed by atoms with Crippen molar-refractivity contribution in [3.8, 4) is 0 Å². The molecule has 0 spiro atoms. The summed E-state index contributed by atoms with van der Waals surface area (Å²) in [5.74, 6) is 0.380. The molecule has 1 heterocycles. The Kier molecular flexibility index (Phi) is 3.25. The van der Waals surface area contributed by atoms with E-state index >= 15 is 0 Å². The number of carbonyl (C=O) groups is 1. The maximum Gasteiger partial charge on any atom is 0.256 e. The third-order valence-corrected chi connectivity index (χ3v) is 2.83. The Labute approximate surface area is 110 Å². The van der Waals surface area contributed by atoms with Crippen LogP contribution < -0.4 is 11.1 Å². The lowest BCUT2D eigenvalue weighted by Gasteiger charge is -2.06. The molecule has 0 atom stereocenters. The van der Waals surface area contributed by atoms with Crippen molar-refractivity contribution in [3.05, 3.63) is 40.5 Å². The smallest absolute Gasteiger partial charge is 0.256 e. The third kappa shape index (κ3) is 2.46. The van der Waals surface area contributed by atoms with Crippen LogP contribution in [0.15, 0.2) is 24.3 Å². The molecule has 2 rings (SSSR count). The van der Waals surface area contributed by atoms with Gasteiger partial charge >= 0.3 is 0 Å². The van der Waals surface area contributed by atoms with Crippen molar-refractivity contribution in [2.45, 2.75) is 6.92 Å². The molecule has 1 aromatic heterocycles. The fourth-order valence-corrected chi connectivity index (χ4v) is 1.77. The molecule has 1 aromatic carbocycles. The second-order valence-corrected chi connectivity index (χ2v) is 4.39. The van der Waals surface area contributed by atoms with Gasteiger partial charge in [-0.05, 0) is 25.1 Å². The van der Waals surface area contributed by atoms with E-state index in [-0.39, 0.29) is 5.91 Å². The zero-order valence-electron chi connectivity index (χ0n) is 10.1. The van der Waals surface area contributed by atoms with Crippen LogP contribution in [0.4, 0.5) is 11.5 Å². The van der Waals surface area contributed by atoms with Crippen molar-refractivity contribution in [3.63, 3.8) is 0 Å². The lowest BCUT2D eigenvalue weighted by atomic mass is 10.2. The normalized spacial score (nSPS) is 10.4. The van der Waals surface area contributed by atoms with Gasteiger partial charge in [0.15, 0.2) is 0 Å². The molecule has 1 amide bonds. The fraction of sp³-hybridized carbons (Fsp3) is 0.167. The summed E-state index contributed by atoms with van der Waals surface area (Å²) in [7, 11) is 1.76. The first-order chi connectivity index (χ1) is 8.47. The first-order valence-electron chi connectivity index (χ1n) is 5.34. The first kappa shape index (κ1) is 12.4. The largest absolute Gasteiger partial charge is 0.398 e. The van der Waals surface area contributed by atoms with Gasteiger partial charge in [-0.25, -0.2) is 0 Å². The minimum absolute atomic E-state index is 0.250. The first-order valence-corrected chi connectivity index (χ1v) is 5.72. The maximum atomic E-state index is 12.0. The molecule has 0 aliphatic carbocycles. The van der Waals surface area contributed by atoms with E-state index in [1.807, 2.05) is 6.92 Å². The van der Waals surface area contributed by atoms with E-state index in [1.165, 1.54) is 6.07 Å². The molecule has 5 nitrogen and oxygen atoms in total. The van der Waals surface area contributed by atoms with Gasteiger partial charge in [0.2, 0.25) is 0 Å². The molecule has 0 saturated carbocycles. The highest BCUT2D eigenvalue weighted by Gasteiger charge is 2.10. The summed E-state index contributed by atoms with van der Waals surface area (Å²) in [5, 5.41) is 7.27. The molecular formula is C12H13ClN4O. The van der Waals surface area contributed by atoms with Crippen molar-refractivity contribution in [1.29, 1.82) is 0 Å². The van der Waals surface area contributed by atoms with E-state index < -0.39 is 0 Å². The highest BCUT2D eigenvalue weighted by atomic mass is 35.5. The molecule has 94 valence electrons. The average Bonchev–Trinajstić information content (AvgIpc) is 2.61. The lowest BCUT2D eigenvalue weighted by Crippen LogP contribution is -2.14. The number of amides is 1. The van der Waals surface area contributed by atoms with Gasteiger partial charge < -0.3 is 11.1 Å². The predicted molar refractivity (Wildman–Crippen MR) is 71.8 cm³/mol. The van der Waals surface area contributed by atoms with E-state index in [0.717, 1.165) is 5.69 Å². The van der Waals surface area contributed by atoms with Crippen molar-refractivity contribution < 1.29 is 4.79 Å². The number of aryl methyl sites for hydroxylation is 2. The minimum atomic E-state index is -0.250. The summed E-state index contributed by atoms with van der Waals surface area (Å²) in [6, 6.07) is 6.55. The van der Waals surface area contributed by atoms with Crippen molar-refractivity contribution in [2.24, 2.45) is 7.05 Å². The highest BCUT2D eigenvalue weighted by molar-refractivity contribution is 6.33. The summed E-state index contributed by atoms with van der Waals surface area (Å²) in [6.07, 6.45) is 0. The van der Waals surface area contributed by atoms with Gasteiger partial charge in [0.05, 0.1) is 16.4 Å². The lowest BCUT2D eigenvalue weighted by molar-refractivity contribution is 0.102. The number of nitrogens with two attached hydrogens (primary N) is 1. The van der Waals surface area contributed by atoms with Crippen molar-refractivity contribution in [2.75, 3.05) is 11.1 Å². The summed E-state index contributed by atoms with van der Waals surface area (Å²) in [6.45, 7) is 1.86. The Bertz CT molecular complexity index is 606. The van der Waals surface area contributed by atoms with Crippen molar-refractivity contribution in [1.82, 2.24) is 9.78 Å². The number of halogens is 1. The maximum absolute atomic E-state index is 12.0. The molecule has 0 bridgehead atoms. The summed E-state index contributed by atoms with van der Waals surface area (Å²) >= 11 is 5.87. The molecule has 0 fully saturated rings. The Hall–Kier alpha value is -2.01. The number of anilines is 2. The Morgan fingerprint density at radius 1 is 1.44 bits per heavy atom. The Morgan fingerprint density at radius 2 is 2.17 bits per heavy atom. The number of benzene rings is 1. The molecule has 0 radical (unpaired) electrons. The van der Waals surface area contributed by atoms with Crippen LogP contribution in [0.1, 0.15) is 16.1 Å². The summed E-state index contributed by atoms with van der Waals surface area (Å²) < 4.78 is 1.60. The van der Waals surface area contributed by atoms with E-state index in [1.54, 1.807) is 29.9 Å². The second-order valence-electron chi connectivity index (χ2n) is 3.98. The molecule has 2 aromatic rings. The zero-order valence-corrected chi connectivity index (χ0v) is 10.8. The number of aromatic nitrogens is 2. The average molecular weight is 265 g/mol. The fourth-order valence-electron chi connectivity index (χ4n) is 1.58. The molecule has 0 unspecified atom stereocenters. The van der Waals surface area contributed by atoms with Crippen molar-refractivity contribution >= 4 is 29.0 Å². The van der Waals surface area contributed by atoms with Crippen LogP contribution in [0.5, 0.6) is 0 Å². The number of carbonyl (C=O) groups excluding carboxylic acids is 1. The zero-order chi connectivity index (χ0) is 13.3. The molecule has 0 saturated heterocycles. The molecular weight excluding hydrogens is 252 g/mol. The quantitative estimate of drug-likeness (QED) is 0.817. The monoisotopic (exact) mass is 264 g/mol. The van der Waals surface area contributed by atoms with E-state index in [2.05, 4.69) is 10.4 Å². The van der Waals surface area contributed by atoms with Crippen LogP contribution in [0.2, 0.25) is 5.02 Å². The minimum Gasteiger partial charge on any atom is -0.398 e. The number of nitrogens with zero attached hydrogens (tertiary/aromatic N) is 2. The number of hydrogen-bond donors (Lipinski definition) is 2. The van der Waals surface area contributed by atoms with Crippen LogP contribution in [0.25, 0.3) is 0 Å². The predicted octanol–water partition coefficient (Wildman–Crippen LogP) is 2.22. The van der Waals surface area contributed by atoms with Gasteiger partial charge in [-0.15, -0.1) is 0 Å². The van der Waals surface area contributed by atoms with E-state index in [9.17, 15) is 4.79 Å². The van der Waals surface area contributed by atoms with Gasteiger partial charge in [0.1, 0.15) is 5.82 Å². The van der Waals surface area contributed by atoms with Gasteiger partial charge in [0.25, 0.3) is 5.91 Å². The topological polar surface area (TPSA) is 72.9 Å². The van der Waals surface area contributed by atoms with Gasteiger partial charge in [-0.2, -0.15) is 5.10 Å². The van der Waals surface area contributed by atoms with E-state index in [0.29, 0.717) is 22.1 Å². The second kappa shape index (κ2) is 4.70. The summed E-state index contributed by atoms with van der Waals surface area (Å²) in [4.78, 5) is 12.0. The molecule has 0 aliphatic rings. The van der Waals surface area contributed by atoms with Crippen LogP contribution >= 0.6 is 11.6 Å². The third-order valence-electron chi connectivity index (χ3n) is 2.51. The van der Waals surface area contributed by atoms with Crippen LogP contribution in [0, 0.1) is 6.92 Å². The number of rotatable bonds is 2. The standard InChI is InChI=1S/C12H13ClN4O/c1-7-5-11(17(2)16-7)15-12(18)8-3-4-10(14)9(13)6-8/h3-6H,14H2,1-2H3,(H,15,18). The molecule has 18 heavy (non-hydrogen) atoms. The number of nitrogens with one attached hydrogen (secondary N) is 1. The van der Waals surface area contributed by atoms with E-state index in [4.69, 9.17) is 17.3 Å². The molecule has 3 N–H and O–H groups in total. The number of hydrogen-bond acceptors (Lipinski definition) is 3. The SMILES string of the molecule is Cc1cc(NC(=O)c2ccc(N)c(Cl)c2)n(C)n1. The van der Waals surface area contributed by atoms with Crippen LogP contribution in [-0.2, 0) is 7.05 Å². The van der Waals surface area contributed by atoms with Gasteiger partial charge in [0, 0.05) is 18.7 Å². The van der Waals surface area contributed by atoms with Crippen LogP contribution in [0.3, 0.4) is 0 Å². The highest BCUT2D eigenvalue weighted by Crippen LogP contribution is 2.20. The number of nitrogen functional groups attached to an aromatic ring is 1. The Morgan fingerprint density at radius 3 is 2.72 bits per heavy atom. The molecule has 0 aliphatic heterocycles.